The zero-order valence-corrected chi connectivity index (χ0v) is 17.0. The van der Waals surface area contributed by atoms with Gasteiger partial charge in [-0.3, -0.25) is 4.79 Å². The number of Topliss-reactive ketones (excluding diaryl/α,β-unsaturated/α-hetero) is 1. The number of ketones is 1. The molecule has 0 unspecified atom stereocenters. The first kappa shape index (κ1) is 20.9. The van der Waals surface area contributed by atoms with Crippen LogP contribution in [0.15, 0.2) is 48.5 Å². The second-order valence-electron chi connectivity index (χ2n) is 6.46. The highest BCUT2D eigenvalue weighted by atomic mass is 16.1. The van der Waals surface area contributed by atoms with Crippen molar-refractivity contribution in [2.24, 2.45) is 0 Å². The van der Waals surface area contributed by atoms with E-state index in [2.05, 4.69) is 63.2 Å². The van der Waals surface area contributed by atoms with Crippen molar-refractivity contribution in [3.63, 3.8) is 0 Å². The Morgan fingerprint density at radius 3 is 1.96 bits per heavy atom. The molecule has 0 bridgehead atoms. The maximum absolute atomic E-state index is 11.6. The Balaban J connectivity index is 0.000000730. The van der Waals surface area contributed by atoms with Crippen molar-refractivity contribution in [3.05, 3.63) is 76.4 Å². The average Bonchev–Trinajstić information content (AvgIpc) is 2.90. The number of carbonyl (C=O) groups excluding carboxylic acids is 1. The topological polar surface area (TPSA) is 17.1 Å². The van der Waals surface area contributed by atoms with Gasteiger partial charge in [0.25, 0.3) is 0 Å². The standard InChI is InChI=1S/C20H20O.2C2H6/c1-13-5-7-15(8-6-13)18-12-20(3,4)19-11-16(14(2)21)9-10-17(18)19;2*1-2/h5-12H,1-4H3;2*1-2H3. The van der Waals surface area contributed by atoms with Crippen molar-refractivity contribution in [3.8, 4) is 0 Å². The summed E-state index contributed by atoms with van der Waals surface area (Å²) in [5.41, 5.74) is 7.01. The molecule has 0 aliphatic heterocycles. The van der Waals surface area contributed by atoms with Gasteiger partial charge in [-0.05, 0) is 42.2 Å². The van der Waals surface area contributed by atoms with Crippen molar-refractivity contribution in [2.45, 2.75) is 60.8 Å². The molecule has 1 heteroatoms. The first-order chi connectivity index (χ1) is 11.9. The second-order valence-corrected chi connectivity index (χ2v) is 6.46. The van der Waals surface area contributed by atoms with E-state index in [1.807, 2.05) is 33.8 Å². The van der Waals surface area contributed by atoms with Crippen molar-refractivity contribution in [1.29, 1.82) is 0 Å². The van der Waals surface area contributed by atoms with Crippen LogP contribution in [0.2, 0.25) is 0 Å². The normalized spacial score (nSPS) is 13.5. The van der Waals surface area contributed by atoms with Crippen molar-refractivity contribution in [1.82, 2.24) is 0 Å². The summed E-state index contributed by atoms with van der Waals surface area (Å²) in [6.07, 6.45) is 2.31. The molecule has 0 radical (unpaired) electrons. The molecule has 25 heavy (non-hydrogen) atoms. The molecule has 0 aromatic heterocycles. The number of rotatable bonds is 2. The lowest BCUT2D eigenvalue weighted by Gasteiger charge is -2.18. The molecule has 0 N–H and O–H groups in total. The summed E-state index contributed by atoms with van der Waals surface area (Å²) in [4.78, 5) is 11.6. The molecule has 0 amide bonds. The molecular formula is C24H32O. The fourth-order valence-electron chi connectivity index (χ4n) is 3.02. The maximum Gasteiger partial charge on any atom is 0.159 e. The van der Waals surface area contributed by atoms with E-state index < -0.39 is 0 Å². The van der Waals surface area contributed by atoms with E-state index >= 15 is 0 Å². The molecule has 3 rings (SSSR count). The summed E-state index contributed by atoms with van der Waals surface area (Å²) >= 11 is 0. The molecule has 2 aromatic carbocycles. The molecule has 0 saturated carbocycles. The van der Waals surface area contributed by atoms with E-state index in [4.69, 9.17) is 0 Å². The third-order valence-electron chi connectivity index (χ3n) is 4.28. The Morgan fingerprint density at radius 1 is 0.880 bits per heavy atom. The van der Waals surface area contributed by atoms with Crippen LogP contribution < -0.4 is 0 Å². The number of aryl methyl sites for hydroxylation is 1. The maximum atomic E-state index is 11.6. The minimum absolute atomic E-state index is 0.0407. The molecule has 0 atom stereocenters. The predicted octanol–water partition coefficient (Wildman–Crippen LogP) is 6.97. The van der Waals surface area contributed by atoms with Gasteiger partial charge in [0.05, 0.1) is 0 Å². The van der Waals surface area contributed by atoms with Crippen LogP contribution in [-0.2, 0) is 5.41 Å². The lowest BCUT2D eigenvalue weighted by atomic mass is 9.86. The smallest absolute Gasteiger partial charge is 0.159 e. The minimum atomic E-state index is -0.0407. The summed E-state index contributed by atoms with van der Waals surface area (Å²) in [6.45, 7) is 16.1. The van der Waals surface area contributed by atoms with E-state index in [9.17, 15) is 4.79 Å². The number of carbonyl (C=O) groups is 1. The largest absolute Gasteiger partial charge is 0.295 e. The Hall–Kier alpha value is -2.15. The molecule has 1 aliphatic rings. The fourth-order valence-corrected chi connectivity index (χ4v) is 3.02. The quantitative estimate of drug-likeness (QED) is 0.541. The third-order valence-corrected chi connectivity index (χ3v) is 4.28. The van der Waals surface area contributed by atoms with Crippen LogP contribution in [0.1, 0.15) is 81.1 Å². The van der Waals surface area contributed by atoms with Crippen LogP contribution in [0.25, 0.3) is 5.57 Å². The van der Waals surface area contributed by atoms with Gasteiger partial charge in [-0.2, -0.15) is 0 Å². The number of hydrogen-bond donors (Lipinski definition) is 0. The first-order valence-corrected chi connectivity index (χ1v) is 9.34. The summed E-state index contributed by atoms with van der Waals surface area (Å²) in [5.74, 6) is 0.123. The Bertz CT molecular complexity index is 746. The zero-order valence-electron chi connectivity index (χ0n) is 17.0. The van der Waals surface area contributed by atoms with Gasteiger partial charge >= 0.3 is 0 Å². The summed E-state index contributed by atoms with van der Waals surface area (Å²) in [6, 6.07) is 14.7. The third kappa shape index (κ3) is 4.48. The van der Waals surface area contributed by atoms with Gasteiger partial charge in [0.1, 0.15) is 0 Å². The van der Waals surface area contributed by atoms with E-state index in [1.54, 1.807) is 6.92 Å². The monoisotopic (exact) mass is 336 g/mol. The van der Waals surface area contributed by atoms with Gasteiger partial charge in [-0.25, -0.2) is 0 Å². The van der Waals surface area contributed by atoms with Gasteiger partial charge < -0.3 is 0 Å². The van der Waals surface area contributed by atoms with Crippen LogP contribution >= 0.6 is 0 Å². The Labute approximate surface area is 153 Å². The fraction of sp³-hybridized carbons (Fsp3) is 0.375. The molecule has 1 aliphatic carbocycles. The molecule has 134 valence electrons. The number of benzene rings is 2. The highest BCUT2D eigenvalue weighted by Gasteiger charge is 2.30. The van der Waals surface area contributed by atoms with Crippen LogP contribution in [-0.4, -0.2) is 5.78 Å². The summed E-state index contributed by atoms with van der Waals surface area (Å²) in [7, 11) is 0. The van der Waals surface area contributed by atoms with Gasteiger partial charge in [-0.15, -0.1) is 0 Å². The van der Waals surface area contributed by atoms with Gasteiger partial charge in [0.2, 0.25) is 0 Å². The predicted molar refractivity (Wildman–Crippen MR) is 110 cm³/mol. The van der Waals surface area contributed by atoms with Crippen LogP contribution in [0.4, 0.5) is 0 Å². The number of allylic oxidation sites excluding steroid dienone is 1. The van der Waals surface area contributed by atoms with Crippen LogP contribution in [0.3, 0.4) is 0 Å². The summed E-state index contributed by atoms with van der Waals surface area (Å²) < 4.78 is 0. The molecule has 0 fully saturated rings. The van der Waals surface area contributed by atoms with E-state index in [0.29, 0.717) is 0 Å². The second kappa shape index (κ2) is 8.80. The van der Waals surface area contributed by atoms with Gasteiger partial charge in [-0.1, -0.05) is 89.6 Å². The van der Waals surface area contributed by atoms with E-state index in [0.717, 1.165) is 5.56 Å². The van der Waals surface area contributed by atoms with Gasteiger partial charge in [0.15, 0.2) is 5.78 Å². The molecule has 2 aromatic rings. The van der Waals surface area contributed by atoms with Crippen LogP contribution in [0.5, 0.6) is 0 Å². The molecule has 0 heterocycles. The first-order valence-electron chi connectivity index (χ1n) is 9.34. The SMILES string of the molecule is CC.CC.CC(=O)c1ccc2c(c1)C(C)(C)C=C2c1ccc(C)cc1. The molecular weight excluding hydrogens is 304 g/mol. The number of fused-ring (bicyclic) bond motifs is 1. The highest BCUT2D eigenvalue weighted by Crippen LogP contribution is 2.43. The van der Waals surface area contributed by atoms with Crippen molar-refractivity contribution < 1.29 is 4.79 Å². The highest BCUT2D eigenvalue weighted by molar-refractivity contribution is 5.96. The summed E-state index contributed by atoms with van der Waals surface area (Å²) in [5, 5.41) is 0. The molecule has 0 saturated heterocycles. The zero-order chi connectivity index (χ0) is 19.2. The molecule has 0 spiro atoms. The number of hydrogen-bond acceptors (Lipinski definition) is 1. The lowest BCUT2D eigenvalue weighted by Crippen LogP contribution is -2.11. The lowest BCUT2D eigenvalue weighted by molar-refractivity contribution is 0.101. The van der Waals surface area contributed by atoms with Crippen molar-refractivity contribution >= 4 is 11.4 Å². The Kier molecular flexibility index (Phi) is 7.36. The minimum Gasteiger partial charge on any atom is -0.295 e. The van der Waals surface area contributed by atoms with Crippen LogP contribution in [0, 0.1) is 6.92 Å². The van der Waals surface area contributed by atoms with E-state index in [-0.39, 0.29) is 11.2 Å². The molecule has 1 nitrogen and oxygen atoms in total. The van der Waals surface area contributed by atoms with Crippen molar-refractivity contribution in [2.75, 3.05) is 0 Å². The van der Waals surface area contributed by atoms with E-state index in [1.165, 1.54) is 27.8 Å². The Morgan fingerprint density at radius 2 is 1.44 bits per heavy atom. The van der Waals surface area contributed by atoms with Gasteiger partial charge in [0, 0.05) is 11.0 Å². The average molecular weight is 337 g/mol.